The third kappa shape index (κ3) is 5.05. The van der Waals surface area contributed by atoms with Crippen molar-refractivity contribution in [1.82, 2.24) is 15.0 Å². The number of hydrogen-bond acceptors (Lipinski definition) is 9. The average molecular weight is 568 g/mol. The van der Waals surface area contributed by atoms with Gasteiger partial charge in [-0.3, -0.25) is 9.52 Å². The highest BCUT2D eigenvalue weighted by molar-refractivity contribution is 7.92. The Morgan fingerprint density at radius 3 is 2.61 bits per heavy atom. The van der Waals surface area contributed by atoms with Crippen LogP contribution in [-0.2, 0) is 10.0 Å². The van der Waals surface area contributed by atoms with E-state index in [1.165, 1.54) is 17.7 Å². The fourth-order valence-corrected chi connectivity index (χ4v) is 5.80. The summed E-state index contributed by atoms with van der Waals surface area (Å²) in [5.41, 5.74) is 3.39. The molecule has 10 nitrogen and oxygen atoms in total. The zero-order valence-corrected chi connectivity index (χ0v) is 22.8. The van der Waals surface area contributed by atoms with Crippen LogP contribution in [0.3, 0.4) is 0 Å². The molecule has 0 spiro atoms. The maximum absolute atomic E-state index is 13.4. The van der Waals surface area contributed by atoms with E-state index in [1.807, 2.05) is 25.1 Å². The molecule has 3 heterocycles. The fraction of sp³-hybridized carbons (Fsp3) is 0.120. The van der Waals surface area contributed by atoms with Gasteiger partial charge >= 0.3 is 0 Å². The van der Waals surface area contributed by atoms with E-state index in [0.717, 1.165) is 27.3 Å². The Bertz CT molecular complexity index is 1820. The maximum Gasteiger partial charge on any atom is 0.258 e. The largest absolute Gasteiger partial charge is 0.372 e. The van der Waals surface area contributed by atoms with Crippen molar-refractivity contribution >= 4 is 88.6 Å². The number of nitrogens with one attached hydrogen (secondary N) is 4. The molecule has 1 amide bonds. The molecule has 3 aromatic heterocycles. The van der Waals surface area contributed by atoms with E-state index < -0.39 is 10.0 Å². The highest BCUT2D eigenvalue weighted by Crippen LogP contribution is 2.35. The minimum absolute atomic E-state index is 0.247. The number of nitrogens with zero attached hydrogens (tertiary/aromatic N) is 3. The highest BCUT2D eigenvalue weighted by atomic mass is 35.5. The Morgan fingerprint density at radius 2 is 1.84 bits per heavy atom. The van der Waals surface area contributed by atoms with Crippen molar-refractivity contribution in [2.75, 3.05) is 34.0 Å². The summed E-state index contributed by atoms with van der Waals surface area (Å²) in [6, 6.07) is 10.5. The van der Waals surface area contributed by atoms with Gasteiger partial charge in [-0.2, -0.15) is 0 Å². The number of hydrogen-bond donors (Lipinski definition) is 4. The number of benzene rings is 2. The molecule has 0 bridgehead atoms. The van der Waals surface area contributed by atoms with Gasteiger partial charge in [0.2, 0.25) is 10.0 Å². The Labute approximate surface area is 227 Å². The van der Waals surface area contributed by atoms with Gasteiger partial charge in [-0.05, 0) is 36.8 Å². The number of pyridine rings is 1. The number of aromatic nitrogens is 3. The molecule has 0 aliphatic rings. The lowest BCUT2D eigenvalue weighted by molar-refractivity contribution is 0.102. The van der Waals surface area contributed by atoms with Gasteiger partial charge in [0.1, 0.15) is 18.0 Å². The molecule has 0 saturated carbocycles. The molecular weight excluding hydrogens is 546 g/mol. The van der Waals surface area contributed by atoms with Gasteiger partial charge in [-0.25, -0.2) is 23.4 Å². The van der Waals surface area contributed by atoms with Crippen molar-refractivity contribution < 1.29 is 13.2 Å². The van der Waals surface area contributed by atoms with Crippen LogP contribution in [0.5, 0.6) is 0 Å². The van der Waals surface area contributed by atoms with Crippen LogP contribution in [0, 0.1) is 6.92 Å². The van der Waals surface area contributed by atoms with Gasteiger partial charge in [-0.15, -0.1) is 11.3 Å². The fourth-order valence-electron chi connectivity index (χ4n) is 4.02. The molecule has 5 rings (SSSR count). The lowest BCUT2D eigenvalue weighted by Crippen LogP contribution is -2.13. The van der Waals surface area contributed by atoms with E-state index in [0.29, 0.717) is 34.1 Å². The first kappa shape index (κ1) is 25.6. The summed E-state index contributed by atoms with van der Waals surface area (Å²) in [7, 11) is -1.74. The Balaban J connectivity index is 1.50. The van der Waals surface area contributed by atoms with Crippen molar-refractivity contribution in [2.45, 2.75) is 6.92 Å². The molecule has 4 N–H and O–H groups in total. The zero-order valence-electron chi connectivity index (χ0n) is 20.5. The average Bonchev–Trinajstić information content (AvgIpc) is 3.31. The van der Waals surface area contributed by atoms with Crippen molar-refractivity contribution in [1.29, 1.82) is 0 Å². The van der Waals surface area contributed by atoms with Crippen LogP contribution in [0.4, 0.5) is 28.7 Å². The number of aryl methyl sites for hydroxylation is 1. The quantitative estimate of drug-likeness (QED) is 0.199. The van der Waals surface area contributed by atoms with Crippen LogP contribution in [-0.4, -0.2) is 42.6 Å². The monoisotopic (exact) mass is 567 g/mol. The molecule has 0 aliphatic heterocycles. The second-order valence-corrected chi connectivity index (χ2v) is 11.5. The molecule has 0 atom stereocenters. The first-order valence-electron chi connectivity index (χ1n) is 11.3. The maximum atomic E-state index is 13.4. The summed E-state index contributed by atoms with van der Waals surface area (Å²) >= 11 is 7.56. The highest BCUT2D eigenvalue weighted by Gasteiger charge is 2.19. The molecule has 0 aliphatic carbocycles. The topological polar surface area (TPSA) is 138 Å². The number of sulfonamides is 1. The predicted molar refractivity (Wildman–Crippen MR) is 155 cm³/mol. The minimum Gasteiger partial charge on any atom is -0.372 e. The SMILES string of the molecule is CNc1ncnc2c(C(=O)Nc3c(C)ccc4c(Nc5ccc(Cl)c(NS(C)(=O)=O)c5)nccc34)csc12. The van der Waals surface area contributed by atoms with E-state index in [4.69, 9.17) is 11.6 Å². The Hall–Kier alpha value is -4.00. The summed E-state index contributed by atoms with van der Waals surface area (Å²) in [5.74, 6) is 0.908. The van der Waals surface area contributed by atoms with Gasteiger partial charge in [0.25, 0.3) is 5.91 Å². The standard InChI is InChI=1S/C25H22ClN7O3S2/c1-13-4-6-16-15(20(13)32-25(34)17-11-37-22-21(17)29-12-30-24(22)27-2)8-9-28-23(16)31-14-5-7-18(26)19(10-14)33-38(3,35)36/h4-12,33H,1-3H3,(H,28,31)(H,32,34)(H,27,29,30). The number of anilines is 5. The first-order valence-corrected chi connectivity index (χ1v) is 14.4. The second kappa shape index (κ2) is 10.0. The molecule has 2 aromatic carbocycles. The summed E-state index contributed by atoms with van der Waals surface area (Å²) in [6.45, 7) is 1.91. The molecule has 0 radical (unpaired) electrons. The van der Waals surface area contributed by atoms with Crippen LogP contribution < -0.4 is 20.7 Å². The predicted octanol–water partition coefficient (Wildman–Crippen LogP) is 5.61. The zero-order chi connectivity index (χ0) is 27.0. The van der Waals surface area contributed by atoms with Crippen molar-refractivity contribution in [3.63, 3.8) is 0 Å². The number of thiophene rings is 1. The third-order valence-corrected chi connectivity index (χ3v) is 7.65. The number of amides is 1. The number of halogens is 1. The van der Waals surface area contributed by atoms with Gasteiger partial charge in [-0.1, -0.05) is 23.7 Å². The lowest BCUT2D eigenvalue weighted by atomic mass is 10.0. The molecule has 194 valence electrons. The van der Waals surface area contributed by atoms with Crippen molar-refractivity contribution in [2.24, 2.45) is 0 Å². The Kier molecular flexibility index (Phi) is 6.78. The van der Waals surface area contributed by atoms with Gasteiger partial charge in [0.15, 0.2) is 0 Å². The molecule has 0 fully saturated rings. The molecule has 38 heavy (non-hydrogen) atoms. The summed E-state index contributed by atoms with van der Waals surface area (Å²) < 4.78 is 26.6. The molecule has 0 unspecified atom stereocenters. The lowest BCUT2D eigenvalue weighted by Gasteiger charge is -2.15. The number of carbonyl (C=O) groups excluding carboxylic acids is 1. The second-order valence-electron chi connectivity index (χ2n) is 8.46. The van der Waals surface area contributed by atoms with E-state index in [2.05, 4.69) is 35.6 Å². The van der Waals surface area contributed by atoms with Crippen LogP contribution >= 0.6 is 22.9 Å². The molecule has 13 heteroatoms. The van der Waals surface area contributed by atoms with Crippen LogP contribution in [0.15, 0.2) is 54.3 Å². The number of fused-ring (bicyclic) bond motifs is 2. The number of rotatable bonds is 7. The van der Waals surface area contributed by atoms with Crippen LogP contribution in [0.25, 0.3) is 21.0 Å². The van der Waals surface area contributed by atoms with Crippen LogP contribution in [0.2, 0.25) is 5.02 Å². The summed E-state index contributed by atoms with van der Waals surface area (Å²) in [5, 5.41) is 12.9. The van der Waals surface area contributed by atoms with Gasteiger partial charge in [0.05, 0.1) is 38.4 Å². The van der Waals surface area contributed by atoms with Crippen LogP contribution in [0.1, 0.15) is 15.9 Å². The van der Waals surface area contributed by atoms with Gasteiger partial charge in [0, 0.05) is 35.1 Å². The Morgan fingerprint density at radius 1 is 1.03 bits per heavy atom. The third-order valence-electron chi connectivity index (χ3n) is 5.75. The molecule has 5 aromatic rings. The molecular formula is C25H22ClN7O3S2. The van der Waals surface area contributed by atoms with E-state index >= 15 is 0 Å². The van der Waals surface area contributed by atoms with E-state index in [9.17, 15) is 13.2 Å². The van der Waals surface area contributed by atoms with E-state index in [-0.39, 0.29) is 16.6 Å². The minimum atomic E-state index is -3.51. The molecule has 0 saturated heterocycles. The van der Waals surface area contributed by atoms with E-state index in [1.54, 1.807) is 36.8 Å². The van der Waals surface area contributed by atoms with Crippen molar-refractivity contribution in [3.05, 3.63) is 70.5 Å². The summed E-state index contributed by atoms with van der Waals surface area (Å²) in [6.07, 6.45) is 4.12. The number of carbonyl (C=O) groups is 1. The van der Waals surface area contributed by atoms with Crippen molar-refractivity contribution in [3.8, 4) is 0 Å². The first-order chi connectivity index (χ1) is 18.1. The smallest absolute Gasteiger partial charge is 0.258 e. The normalized spacial score (nSPS) is 11.5. The summed E-state index contributed by atoms with van der Waals surface area (Å²) in [4.78, 5) is 26.4. The van der Waals surface area contributed by atoms with Gasteiger partial charge < -0.3 is 16.0 Å².